The van der Waals surface area contributed by atoms with Gasteiger partial charge in [-0.3, -0.25) is 9.69 Å². The SMILES string of the molecule is COc1ccc(CCN2COc3c(cc4c(c3C)O/C(=C\c3cn(C)c5ccc(OC)cc35)C4=O)C2)cc1. The van der Waals surface area contributed by atoms with Gasteiger partial charge in [-0.15, -0.1) is 0 Å². The number of allylic oxidation sites excluding steroid dienone is 1. The zero-order valence-corrected chi connectivity index (χ0v) is 22.0. The maximum absolute atomic E-state index is 13.5. The molecule has 38 heavy (non-hydrogen) atoms. The standard InChI is InChI=1S/C31H30N2O5/c1-19-30-22(17-33(18-37-30)12-11-20-5-7-23(35-3)8-6-20)13-26-29(34)28(38-31(19)26)14-21-16-32(2)27-10-9-24(36-4)15-25(21)27/h5-10,13-16H,11-12,17-18H2,1-4H3/b28-14-. The van der Waals surface area contributed by atoms with E-state index in [0.717, 1.165) is 64.4 Å². The molecule has 1 aromatic heterocycles. The fourth-order valence-corrected chi connectivity index (χ4v) is 5.30. The zero-order chi connectivity index (χ0) is 26.4. The summed E-state index contributed by atoms with van der Waals surface area (Å²) >= 11 is 0. The number of fused-ring (bicyclic) bond motifs is 3. The average Bonchev–Trinajstić information content (AvgIpc) is 3.43. The van der Waals surface area contributed by atoms with E-state index in [1.807, 2.05) is 67.2 Å². The van der Waals surface area contributed by atoms with E-state index in [-0.39, 0.29) is 5.78 Å². The van der Waals surface area contributed by atoms with Gasteiger partial charge in [-0.1, -0.05) is 12.1 Å². The van der Waals surface area contributed by atoms with Crippen molar-refractivity contribution in [2.24, 2.45) is 7.05 Å². The van der Waals surface area contributed by atoms with Crippen molar-refractivity contribution in [3.63, 3.8) is 0 Å². The van der Waals surface area contributed by atoms with Gasteiger partial charge in [0.05, 0.1) is 19.8 Å². The second-order valence-electron chi connectivity index (χ2n) is 9.81. The third kappa shape index (κ3) is 4.19. The quantitative estimate of drug-likeness (QED) is 0.319. The highest BCUT2D eigenvalue weighted by Crippen LogP contribution is 2.43. The lowest BCUT2D eigenvalue weighted by molar-refractivity contribution is 0.0954. The summed E-state index contributed by atoms with van der Waals surface area (Å²) in [5.74, 6) is 3.23. The highest BCUT2D eigenvalue weighted by molar-refractivity contribution is 6.15. The van der Waals surface area contributed by atoms with E-state index in [9.17, 15) is 4.79 Å². The van der Waals surface area contributed by atoms with Crippen LogP contribution in [0.2, 0.25) is 0 Å². The number of rotatable bonds is 6. The molecule has 0 aliphatic carbocycles. The first-order chi connectivity index (χ1) is 18.4. The zero-order valence-electron chi connectivity index (χ0n) is 22.0. The van der Waals surface area contributed by atoms with E-state index in [1.165, 1.54) is 5.56 Å². The number of hydrogen-bond acceptors (Lipinski definition) is 6. The number of aryl methyl sites for hydroxylation is 1. The molecule has 3 aromatic carbocycles. The molecule has 2 aliphatic rings. The Hall–Kier alpha value is -4.23. The summed E-state index contributed by atoms with van der Waals surface area (Å²) in [6, 6.07) is 16.0. The van der Waals surface area contributed by atoms with Gasteiger partial charge >= 0.3 is 0 Å². The number of carbonyl (C=O) groups excluding carboxylic acids is 1. The molecule has 2 aliphatic heterocycles. The Labute approximate surface area is 221 Å². The molecule has 0 atom stereocenters. The van der Waals surface area contributed by atoms with Crippen LogP contribution in [0.15, 0.2) is 60.5 Å². The summed E-state index contributed by atoms with van der Waals surface area (Å²) in [6.07, 6.45) is 4.72. The fraction of sp³-hybridized carbons (Fsp3) is 0.258. The van der Waals surface area contributed by atoms with Gasteiger partial charge in [0.15, 0.2) is 5.76 Å². The maximum atomic E-state index is 13.5. The molecule has 0 bridgehead atoms. The van der Waals surface area contributed by atoms with Crippen LogP contribution in [-0.4, -0.2) is 42.7 Å². The number of Topliss-reactive ketones (excluding diaryl/α,β-unsaturated/α-hetero) is 1. The van der Waals surface area contributed by atoms with E-state index in [4.69, 9.17) is 18.9 Å². The summed E-state index contributed by atoms with van der Waals surface area (Å²) in [5, 5.41) is 0.999. The number of aromatic nitrogens is 1. The second kappa shape index (κ2) is 9.58. The lowest BCUT2D eigenvalue weighted by atomic mass is 9.99. The molecule has 6 rings (SSSR count). The topological polar surface area (TPSA) is 62.2 Å². The first-order valence-corrected chi connectivity index (χ1v) is 12.7. The van der Waals surface area contributed by atoms with Crippen LogP contribution in [0.5, 0.6) is 23.0 Å². The van der Waals surface area contributed by atoms with Gasteiger partial charge in [0.25, 0.3) is 0 Å². The van der Waals surface area contributed by atoms with Crippen LogP contribution in [0, 0.1) is 6.92 Å². The Morgan fingerprint density at radius 3 is 2.53 bits per heavy atom. The van der Waals surface area contributed by atoms with E-state index in [0.29, 0.717) is 23.8 Å². The van der Waals surface area contributed by atoms with Crippen LogP contribution in [0.1, 0.15) is 32.6 Å². The van der Waals surface area contributed by atoms with Gasteiger partial charge in [-0.05, 0) is 61.4 Å². The van der Waals surface area contributed by atoms with E-state index in [2.05, 4.69) is 17.0 Å². The van der Waals surface area contributed by atoms with Gasteiger partial charge in [0.1, 0.15) is 29.7 Å². The van der Waals surface area contributed by atoms with Crippen LogP contribution in [0.4, 0.5) is 0 Å². The molecule has 0 fully saturated rings. The molecule has 0 unspecified atom stereocenters. The summed E-state index contributed by atoms with van der Waals surface area (Å²) in [4.78, 5) is 15.7. The number of methoxy groups -OCH3 is 2. The van der Waals surface area contributed by atoms with E-state index < -0.39 is 0 Å². The monoisotopic (exact) mass is 510 g/mol. The number of benzene rings is 3. The molecule has 0 amide bonds. The molecule has 194 valence electrons. The number of ether oxygens (including phenoxy) is 4. The lowest BCUT2D eigenvalue weighted by Crippen LogP contribution is -2.34. The van der Waals surface area contributed by atoms with Crippen molar-refractivity contribution in [3.05, 3.63) is 88.3 Å². The van der Waals surface area contributed by atoms with Gasteiger partial charge in [-0.2, -0.15) is 0 Å². The highest BCUT2D eigenvalue weighted by atomic mass is 16.5. The Bertz CT molecular complexity index is 1580. The fourth-order valence-electron chi connectivity index (χ4n) is 5.30. The molecular formula is C31H30N2O5. The van der Waals surface area contributed by atoms with Gasteiger partial charge in [-0.25, -0.2) is 0 Å². The Kier molecular flexibility index (Phi) is 6.08. The van der Waals surface area contributed by atoms with Crippen LogP contribution in [-0.2, 0) is 20.0 Å². The summed E-state index contributed by atoms with van der Waals surface area (Å²) < 4.78 is 25.0. The van der Waals surface area contributed by atoms with Crippen LogP contribution in [0.3, 0.4) is 0 Å². The third-order valence-corrected chi connectivity index (χ3v) is 7.39. The minimum atomic E-state index is -0.110. The van der Waals surface area contributed by atoms with Gasteiger partial charge < -0.3 is 23.5 Å². The predicted molar refractivity (Wildman–Crippen MR) is 146 cm³/mol. The number of hydrogen-bond donors (Lipinski definition) is 0. The third-order valence-electron chi connectivity index (χ3n) is 7.39. The van der Waals surface area contributed by atoms with E-state index in [1.54, 1.807) is 14.2 Å². The van der Waals surface area contributed by atoms with Crippen molar-refractivity contribution < 1.29 is 23.7 Å². The Morgan fingerprint density at radius 1 is 1.00 bits per heavy atom. The van der Waals surface area contributed by atoms with Gasteiger partial charge in [0, 0.05) is 53.9 Å². The van der Waals surface area contributed by atoms with Crippen molar-refractivity contribution in [1.82, 2.24) is 9.47 Å². The number of carbonyl (C=O) groups is 1. The maximum Gasteiger partial charge on any atom is 0.231 e. The largest absolute Gasteiger partial charge is 0.497 e. The Balaban J connectivity index is 1.24. The summed E-state index contributed by atoms with van der Waals surface area (Å²) in [6.45, 7) is 4.03. The summed E-state index contributed by atoms with van der Waals surface area (Å²) in [5.41, 5.74) is 5.66. The minimum Gasteiger partial charge on any atom is -0.497 e. The first-order valence-electron chi connectivity index (χ1n) is 12.7. The highest BCUT2D eigenvalue weighted by Gasteiger charge is 2.33. The first kappa shape index (κ1) is 24.1. The molecule has 4 aromatic rings. The molecule has 3 heterocycles. The molecule has 0 radical (unpaired) electrons. The Morgan fingerprint density at radius 2 is 1.76 bits per heavy atom. The number of ketones is 1. The van der Waals surface area contributed by atoms with Crippen molar-refractivity contribution in [1.29, 1.82) is 0 Å². The minimum absolute atomic E-state index is 0.110. The second-order valence-corrected chi connectivity index (χ2v) is 9.81. The predicted octanol–water partition coefficient (Wildman–Crippen LogP) is 5.51. The molecule has 0 spiro atoms. The molecule has 0 saturated heterocycles. The lowest BCUT2D eigenvalue weighted by Gasteiger charge is -2.30. The molecule has 7 nitrogen and oxygen atoms in total. The van der Waals surface area contributed by atoms with Crippen LogP contribution >= 0.6 is 0 Å². The van der Waals surface area contributed by atoms with E-state index >= 15 is 0 Å². The number of nitrogens with zero attached hydrogens (tertiary/aromatic N) is 2. The van der Waals surface area contributed by atoms with Crippen molar-refractivity contribution in [2.45, 2.75) is 19.9 Å². The van der Waals surface area contributed by atoms with Gasteiger partial charge in [0.2, 0.25) is 5.78 Å². The van der Waals surface area contributed by atoms with Crippen molar-refractivity contribution in [2.75, 3.05) is 27.5 Å². The molecular weight excluding hydrogens is 480 g/mol. The summed E-state index contributed by atoms with van der Waals surface area (Å²) in [7, 11) is 5.31. The normalized spacial score (nSPS) is 15.8. The van der Waals surface area contributed by atoms with Crippen molar-refractivity contribution in [3.8, 4) is 23.0 Å². The van der Waals surface area contributed by atoms with Crippen molar-refractivity contribution >= 4 is 22.8 Å². The smallest absolute Gasteiger partial charge is 0.231 e. The molecule has 0 N–H and O–H groups in total. The average molecular weight is 511 g/mol. The van der Waals surface area contributed by atoms with Crippen LogP contribution < -0.4 is 18.9 Å². The van der Waals surface area contributed by atoms with Crippen LogP contribution in [0.25, 0.3) is 17.0 Å². The molecule has 0 saturated carbocycles. The molecule has 7 heteroatoms.